The number of nitro groups is 1. The predicted octanol–water partition coefficient (Wildman–Crippen LogP) is 3.25. The molecule has 0 N–H and O–H groups in total. The minimum atomic E-state index is -0.826. The second-order valence-corrected chi connectivity index (χ2v) is 5.87. The molecule has 0 aromatic heterocycles. The van der Waals surface area contributed by atoms with Crippen LogP contribution in [0.1, 0.15) is 28.4 Å². The number of ether oxygens (including phenoxy) is 1. The molecule has 0 aliphatic rings. The first-order chi connectivity index (χ1) is 12.8. The monoisotopic (exact) mass is 374 g/mol. The van der Waals surface area contributed by atoms with E-state index in [0.717, 1.165) is 6.07 Å². The van der Waals surface area contributed by atoms with Crippen molar-refractivity contribution in [2.24, 2.45) is 0 Å². The molecule has 2 aromatic carbocycles. The Kier molecular flexibility index (Phi) is 6.59. The zero-order valence-corrected chi connectivity index (χ0v) is 15.0. The third kappa shape index (κ3) is 5.34. The second kappa shape index (κ2) is 8.88. The van der Waals surface area contributed by atoms with E-state index in [1.54, 1.807) is 26.0 Å². The van der Waals surface area contributed by atoms with Gasteiger partial charge in [-0.25, -0.2) is 9.18 Å². The molecule has 8 heteroatoms. The maximum Gasteiger partial charge on any atom is 0.338 e. The summed E-state index contributed by atoms with van der Waals surface area (Å²) in [6.07, 6.45) is 0. The third-order valence-electron chi connectivity index (χ3n) is 3.97. The maximum absolute atomic E-state index is 13.3. The number of hydrogen-bond donors (Lipinski definition) is 0. The summed E-state index contributed by atoms with van der Waals surface area (Å²) in [4.78, 5) is 36.1. The Labute approximate surface area is 155 Å². The number of esters is 1. The van der Waals surface area contributed by atoms with Crippen LogP contribution in [0.2, 0.25) is 0 Å². The van der Waals surface area contributed by atoms with Crippen molar-refractivity contribution < 1.29 is 23.6 Å². The normalized spacial score (nSPS) is 10.3. The second-order valence-electron chi connectivity index (χ2n) is 5.87. The predicted molar refractivity (Wildman–Crippen MR) is 95.6 cm³/mol. The number of aryl methyl sites for hydroxylation is 1. The molecule has 0 spiro atoms. The molecule has 142 valence electrons. The lowest BCUT2D eigenvalue weighted by molar-refractivity contribution is -0.385. The van der Waals surface area contributed by atoms with Gasteiger partial charge in [0.05, 0.1) is 10.5 Å². The van der Waals surface area contributed by atoms with E-state index in [1.807, 2.05) is 0 Å². The molecule has 0 radical (unpaired) electrons. The van der Waals surface area contributed by atoms with Crippen molar-refractivity contribution >= 4 is 17.6 Å². The van der Waals surface area contributed by atoms with E-state index in [0.29, 0.717) is 17.7 Å². The van der Waals surface area contributed by atoms with Gasteiger partial charge < -0.3 is 9.64 Å². The molecule has 0 fully saturated rings. The van der Waals surface area contributed by atoms with Crippen LogP contribution >= 0.6 is 0 Å². The fourth-order valence-corrected chi connectivity index (χ4v) is 2.47. The number of halogens is 1. The minimum absolute atomic E-state index is 0.00622. The number of carbonyl (C=O) groups is 2. The Morgan fingerprint density at radius 1 is 1.22 bits per heavy atom. The van der Waals surface area contributed by atoms with Gasteiger partial charge in [0.15, 0.2) is 6.61 Å². The van der Waals surface area contributed by atoms with E-state index in [1.165, 1.54) is 29.2 Å². The first kappa shape index (κ1) is 20.0. The summed E-state index contributed by atoms with van der Waals surface area (Å²) in [7, 11) is 0. The van der Waals surface area contributed by atoms with Gasteiger partial charge in [-0.15, -0.1) is 0 Å². The zero-order chi connectivity index (χ0) is 20.0. The SMILES string of the molecule is CCN(Cc1cccc(F)c1)C(=O)COC(=O)c1ccc(C)c([N+](=O)[O-])c1. The number of carbonyl (C=O) groups excluding carboxylic acids is 2. The molecule has 7 nitrogen and oxygen atoms in total. The summed E-state index contributed by atoms with van der Waals surface area (Å²) < 4.78 is 18.2. The zero-order valence-electron chi connectivity index (χ0n) is 15.0. The molecule has 0 bridgehead atoms. The molecule has 0 unspecified atom stereocenters. The van der Waals surface area contributed by atoms with Gasteiger partial charge in [-0.2, -0.15) is 0 Å². The van der Waals surface area contributed by atoms with Crippen LogP contribution in [-0.2, 0) is 16.1 Å². The summed E-state index contributed by atoms with van der Waals surface area (Å²) in [6.45, 7) is 3.33. The molecule has 0 saturated heterocycles. The number of nitro benzene ring substituents is 1. The summed E-state index contributed by atoms with van der Waals surface area (Å²) in [6, 6.07) is 9.84. The van der Waals surface area contributed by atoms with E-state index in [2.05, 4.69) is 0 Å². The quantitative estimate of drug-likeness (QED) is 0.422. The highest BCUT2D eigenvalue weighted by atomic mass is 19.1. The smallest absolute Gasteiger partial charge is 0.338 e. The standard InChI is InChI=1S/C19H19FN2O5/c1-3-21(11-14-5-4-6-16(20)9-14)18(23)12-27-19(24)15-8-7-13(2)17(10-15)22(25)26/h4-10H,3,11-12H2,1-2H3. The van der Waals surface area contributed by atoms with E-state index in [9.17, 15) is 24.1 Å². The van der Waals surface area contributed by atoms with Crippen molar-refractivity contribution in [1.82, 2.24) is 4.90 Å². The number of rotatable bonds is 7. The molecule has 0 atom stereocenters. The fraction of sp³-hybridized carbons (Fsp3) is 0.263. The van der Waals surface area contributed by atoms with E-state index in [4.69, 9.17) is 4.74 Å². The Morgan fingerprint density at radius 2 is 1.96 bits per heavy atom. The van der Waals surface area contributed by atoms with E-state index >= 15 is 0 Å². The van der Waals surface area contributed by atoms with Gasteiger partial charge in [-0.1, -0.05) is 18.2 Å². The number of likely N-dealkylation sites (N-methyl/N-ethyl adjacent to an activating group) is 1. The summed E-state index contributed by atoms with van der Waals surface area (Å²) in [5.74, 6) is -1.67. The molecular formula is C19H19FN2O5. The molecule has 27 heavy (non-hydrogen) atoms. The van der Waals surface area contributed by atoms with Crippen LogP contribution in [0.3, 0.4) is 0 Å². The van der Waals surface area contributed by atoms with Crippen LogP contribution in [0.5, 0.6) is 0 Å². The minimum Gasteiger partial charge on any atom is -0.452 e. The molecule has 2 rings (SSSR count). The Bertz CT molecular complexity index is 869. The largest absolute Gasteiger partial charge is 0.452 e. The van der Waals surface area contributed by atoms with E-state index in [-0.39, 0.29) is 17.8 Å². The lowest BCUT2D eigenvalue weighted by Crippen LogP contribution is -2.34. The first-order valence-electron chi connectivity index (χ1n) is 8.26. The maximum atomic E-state index is 13.3. The molecule has 0 heterocycles. The van der Waals surface area contributed by atoms with Crippen LogP contribution in [0.15, 0.2) is 42.5 Å². The average Bonchev–Trinajstić information content (AvgIpc) is 2.64. The van der Waals surface area contributed by atoms with Crippen molar-refractivity contribution in [2.45, 2.75) is 20.4 Å². The lowest BCUT2D eigenvalue weighted by atomic mass is 10.1. The molecular weight excluding hydrogens is 355 g/mol. The van der Waals surface area contributed by atoms with Crippen LogP contribution in [0.25, 0.3) is 0 Å². The van der Waals surface area contributed by atoms with Crippen LogP contribution in [0, 0.1) is 22.9 Å². The van der Waals surface area contributed by atoms with Gasteiger partial charge in [-0.05, 0) is 37.6 Å². The molecule has 1 amide bonds. The Hall–Kier alpha value is -3.29. The van der Waals surface area contributed by atoms with Gasteiger partial charge in [0, 0.05) is 24.7 Å². The lowest BCUT2D eigenvalue weighted by Gasteiger charge is -2.21. The number of nitrogens with zero attached hydrogens (tertiary/aromatic N) is 2. The van der Waals surface area contributed by atoms with E-state index < -0.39 is 29.2 Å². The number of hydrogen-bond acceptors (Lipinski definition) is 5. The molecule has 2 aromatic rings. The van der Waals surface area contributed by atoms with Crippen molar-refractivity contribution in [2.75, 3.05) is 13.2 Å². The summed E-state index contributed by atoms with van der Waals surface area (Å²) in [5.41, 5.74) is 0.830. The van der Waals surface area contributed by atoms with Crippen molar-refractivity contribution in [3.05, 3.63) is 75.1 Å². The highest BCUT2D eigenvalue weighted by Gasteiger charge is 2.19. The van der Waals surface area contributed by atoms with Gasteiger partial charge in [0.1, 0.15) is 5.82 Å². The van der Waals surface area contributed by atoms with Crippen LogP contribution in [-0.4, -0.2) is 34.9 Å². The number of benzene rings is 2. The van der Waals surface area contributed by atoms with Gasteiger partial charge in [-0.3, -0.25) is 14.9 Å². The summed E-state index contributed by atoms with van der Waals surface area (Å²) >= 11 is 0. The molecule has 0 aliphatic carbocycles. The van der Waals surface area contributed by atoms with Crippen LogP contribution < -0.4 is 0 Å². The van der Waals surface area contributed by atoms with Crippen molar-refractivity contribution in [1.29, 1.82) is 0 Å². The van der Waals surface area contributed by atoms with Gasteiger partial charge in [0.2, 0.25) is 0 Å². The highest BCUT2D eigenvalue weighted by molar-refractivity contribution is 5.92. The number of amides is 1. The van der Waals surface area contributed by atoms with Crippen LogP contribution in [0.4, 0.5) is 10.1 Å². The molecule has 0 saturated carbocycles. The highest BCUT2D eigenvalue weighted by Crippen LogP contribution is 2.19. The van der Waals surface area contributed by atoms with Crippen molar-refractivity contribution in [3.63, 3.8) is 0 Å². The topological polar surface area (TPSA) is 89.8 Å². The van der Waals surface area contributed by atoms with Crippen molar-refractivity contribution in [3.8, 4) is 0 Å². The fourth-order valence-electron chi connectivity index (χ4n) is 2.47. The van der Waals surface area contributed by atoms with Gasteiger partial charge >= 0.3 is 5.97 Å². The first-order valence-corrected chi connectivity index (χ1v) is 8.26. The van der Waals surface area contributed by atoms with Gasteiger partial charge in [0.25, 0.3) is 11.6 Å². The summed E-state index contributed by atoms with van der Waals surface area (Å²) in [5, 5.41) is 11.0. The molecule has 0 aliphatic heterocycles. The third-order valence-corrected chi connectivity index (χ3v) is 3.97. The Morgan fingerprint density at radius 3 is 2.59 bits per heavy atom. The average molecular weight is 374 g/mol. The Balaban J connectivity index is 1.99.